The molecular weight excluding hydrogens is 432 g/mol. The second-order valence-corrected chi connectivity index (χ2v) is 7.42. The number of carbonyl (C=O) groups is 3. The van der Waals surface area contributed by atoms with Crippen molar-refractivity contribution in [1.82, 2.24) is 20.3 Å². The van der Waals surface area contributed by atoms with Gasteiger partial charge in [-0.3, -0.25) is 9.59 Å². The number of nitrogens with one attached hydrogen (secondary N) is 2. The average molecular weight is 456 g/mol. The van der Waals surface area contributed by atoms with Gasteiger partial charge < -0.3 is 37.1 Å². The molecule has 0 saturated heterocycles. The summed E-state index contributed by atoms with van der Waals surface area (Å²) in [5.41, 5.74) is 13.5. The molecular formula is C21H24N6O6. The Hall–Kier alpha value is -4.19. The van der Waals surface area contributed by atoms with Gasteiger partial charge in [-0.15, -0.1) is 0 Å². The number of aromatic nitrogens is 3. The smallest absolute Gasteiger partial charge is 0.326 e. The summed E-state index contributed by atoms with van der Waals surface area (Å²) in [5.74, 6) is -3.67. The van der Waals surface area contributed by atoms with Crippen LogP contribution in [0.25, 0.3) is 11.0 Å². The lowest BCUT2D eigenvalue weighted by molar-refractivity contribution is -0.140. The summed E-state index contributed by atoms with van der Waals surface area (Å²) >= 11 is 0. The fraction of sp³-hybridized carbons (Fsp3) is 0.286. The molecule has 0 spiro atoms. The molecule has 0 radical (unpaired) electrons. The third kappa shape index (κ3) is 5.36. The lowest BCUT2D eigenvalue weighted by Crippen LogP contribution is -2.41. The Bertz CT molecular complexity index is 1180. The Balaban J connectivity index is 1.84. The molecule has 174 valence electrons. The average Bonchev–Trinajstić information content (AvgIpc) is 3.18. The minimum atomic E-state index is -1.32. The van der Waals surface area contributed by atoms with Gasteiger partial charge in [-0.25, -0.2) is 4.79 Å². The van der Waals surface area contributed by atoms with Crippen molar-refractivity contribution < 1.29 is 29.7 Å². The highest BCUT2D eigenvalue weighted by Crippen LogP contribution is 2.36. The van der Waals surface area contributed by atoms with E-state index in [1.165, 1.54) is 12.1 Å². The van der Waals surface area contributed by atoms with Gasteiger partial charge in [-0.1, -0.05) is 12.1 Å². The van der Waals surface area contributed by atoms with Gasteiger partial charge in [-0.05, 0) is 42.6 Å². The van der Waals surface area contributed by atoms with E-state index in [-0.39, 0.29) is 36.2 Å². The van der Waals surface area contributed by atoms with E-state index in [2.05, 4.69) is 20.3 Å². The Morgan fingerprint density at radius 3 is 2.39 bits per heavy atom. The number of nitrogens with two attached hydrogens (primary N) is 2. The molecule has 1 amide bonds. The van der Waals surface area contributed by atoms with Crippen LogP contribution in [0.4, 0.5) is 5.95 Å². The molecule has 9 N–H and O–H groups in total. The molecule has 0 aliphatic heterocycles. The van der Waals surface area contributed by atoms with Crippen LogP contribution in [-0.4, -0.2) is 60.7 Å². The van der Waals surface area contributed by atoms with Gasteiger partial charge in [-0.2, -0.15) is 9.97 Å². The predicted molar refractivity (Wildman–Crippen MR) is 118 cm³/mol. The second kappa shape index (κ2) is 9.96. The number of aromatic hydroxyl groups is 1. The first-order valence-electron chi connectivity index (χ1n) is 10.1. The number of carboxylic acid groups (broad SMARTS) is 2. The molecule has 0 fully saturated rings. The zero-order valence-corrected chi connectivity index (χ0v) is 17.5. The maximum absolute atomic E-state index is 12.5. The number of fused-ring (bicyclic) bond motifs is 1. The fourth-order valence-electron chi connectivity index (χ4n) is 3.63. The standard InChI is InChI=1S/C21H24N6O6/c22-8-7-12(13-9-24-17-16(13)19(31)27-21(23)26-17)10-1-3-11(4-2-10)18(30)25-14(20(32)33)5-6-15(28)29/h1-4,9,12,14H,5-8,22H2,(H,25,30)(H,28,29)(H,32,33)(H4,23,24,26,27,31)/t12?,14-/m0/s1. The fourth-order valence-corrected chi connectivity index (χ4v) is 3.63. The first kappa shape index (κ1) is 23.5. The molecule has 0 aliphatic rings. The number of hydrogen-bond acceptors (Lipinski definition) is 8. The van der Waals surface area contributed by atoms with Crippen LogP contribution >= 0.6 is 0 Å². The number of carboxylic acids is 2. The number of carbonyl (C=O) groups excluding carboxylic acids is 1. The molecule has 12 nitrogen and oxygen atoms in total. The van der Waals surface area contributed by atoms with Gasteiger partial charge in [0.25, 0.3) is 5.91 Å². The molecule has 2 atom stereocenters. The third-order valence-corrected chi connectivity index (χ3v) is 5.22. The minimum Gasteiger partial charge on any atom is -0.493 e. The number of hydrogen-bond donors (Lipinski definition) is 7. The summed E-state index contributed by atoms with van der Waals surface area (Å²) in [5, 5.41) is 31.0. The van der Waals surface area contributed by atoms with E-state index in [1.54, 1.807) is 18.3 Å². The lowest BCUT2D eigenvalue weighted by Gasteiger charge is -2.17. The number of nitrogen functional groups attached to an aromatic ring is 1. The molecule has 3 rings (SSSR count). The zero-order chi connectivity index (χ0) is 24.1. The topological polar surface area (TPSA) is 218 Å². The molecule has 0 aliphatic carbocycles. The lowest BCUT2D eigenvalue weighted by atomic mass is 9.88. The minimum absolute atomic E-state index is 0.0674. The molecule has 3 aromatic rings. The molecule has 2 aromatic heterocycles. The van der Waals surface area contributed by atoms with Crippen molar-refractivity contribution in [1.29, 1.82) is 0 Å². The van der Waals surface area contributed by atoms with Crippen molar-refractivity contribution in [3.05, 3.63) is 47.2 Å². The summed E-state index contributed by atoms with van der Waals surface area (Å²) in [7, 11) is 0. The highest BCUT2D eigenvalue weighted by molar-refractivity contribution is 5.96. The number of anilines is 1. The predicted octanol–water partition coefficient (Wildman–Crippen LogP) is 0.774. The number of amides is 1. The van der Waals surface area contributed by atoms with Crippen LogP contribution in [0.3, 0.4) is 0 Å². The highest BCUT2D eigenvalue weighted by atomic mass is 16.4. The van der Waals surface area contributed by atoms with E-state index in [1.807, 2.05) is 0 Å². The van der Waals surface area contributed by atoms with Crippen molar-refractivity contribution in [2.75, 3.05) is 12.3 Å². The van der Waals surface area contributed by atoms with Gasteiger partial charge >= 0.3 is 11.9 Å². The van der Waals surface area contributed by atoms with E-state index in [4.69, 9.17) is 16.6 Å². The van der Waals surface area contributed by atoms with E-state index in [9.17, 15) is 24.6 Å². The Labute approximate surface area is 187 Å². The Kier molecular flexibility index (Phi) is 7.08. The largest absolute Gasteiger partial charge is 0.493 e. The summed E-state index contributed by atoms with van der Waals surface area (Å²) in [6.45, 7) is 0.347. The van der Waals surface area contributed by atoms with Crippen molar-refractivity contribution in [2.45, 2.75) is 31.2 Å². The summed E-state index contributed by atoms with van der Waals surface area (Å²) in [4.78, 5) is 45.4. The molecule has 1 unspecified atom stereocenters. The van der Waals surface area contributed by atoms with E-state index < -0.39 is 23.9 Å². The second-order valence-electron chi connectivity index (χ2n) is 7.42. The van der Waals surface area contributed by atoms with Gasteiger partial charge in [0.2, 0.25) is 11.8 Å². The van der Waals surface area contributed by atoms with Crippen LogP contribution in [-0.2, 0) is 9.59 Å². The van der Waals surface area contributed by atoms with Gasteiger partial charge in [0.15, 0.2) is 0 Å². The van der Waals surface area contributed by atoms with E-state index >= 15 is 0 Å². The quantitative estimate of drug-likeness (QED) is 0.227. The SMILES string of the molecule is NCCC(c1ccc(C(=O)N[C@@H](CCC(=O)O)C(=O)O)cc1)c1c[nH]c2nc(N)nc(O)c12. The summed E-state index contributed by atoms with van der Waals surface area (Å²) in [6.07, 6.45) is 1.60. The van der Waals surface area contributed by atoms with Crippen LogP contribution < -0.4 is 16.8 Å². The van der Waals surface area contributed by atoms with Crippen molar-refractivity contribution >= 4 is 34.8 Å². The van der Waals surface area contributed by atoms with Crippen molar-refractivity contribution in [2.24, 2.45) is 5.73 Å². The molecule has 33 heavy (non-hydrogen) atoms. The van der Waals surface area contributed by atoms with Gasteiger partial charge in [0, 0.05) is 24.1 Å². The Morgan fingerprint density at radius 1 is 1.09 bits per heavy atom. The van der Waals surface area contributed by atoms with Crippen LogP contribution in [0, 0.1) is 0 Å². The molecule has 0 saturated carbocycles. The van der Waals surface area contributed by atoms with E-state index in [0.29, 0.717) is 29.6 Å². The van der Waals surface area contributed by atoms with Crippen LogP contribution in [0.5, 0.6) is 5.88 Å². The molecule has 2 heterocycles. The monoisotopic (exact) mass is 456 g/mol. The summed E-state index contributed by atoms with van der Waals surface area (Å²) in [6, 6.07) is 5.16. The van der Waals surface area contributed by atoms with Gasteiger partial charge in [0.05, 0.1) is 5.39 Å². The zero-order valence-electron chi connectivity index (χ0n) is 17.5. The Morgan fingerprint density at radius 2 is 1.79 bits per heavy atom. The molecule has 1 aromatic carbocycles. The number of H-pyrrole nitrogens is 1. The summed E-state index contributed by atoms with van der Waals surface area (Å²) < 4.78 is 0. The molecule has 0 bridgehead atoms. The third-order valence-electron chi connectivity index (χ3n) is 5.22. The number of nitrogens with zero attached hydrogens (tertiary/aromatic N) is 2. The number of benzene rings is 1. The van der Waals surface area contributed by atoms with Crippen molar-refractivity contribution in [3.8, 4) is 5.88 Å². The number of aromatic amines is 1. The van der Waals surface area contributed by atoms with Crippen LogP contribution in [0.2, 0.25) is 0 Å². The first-order chi connectivity index (χ1) is 15.7. The highest BCUT2D eigenvalue weighted by Gasteiger charge is 2.24. The maximum Gasteiger partial charge on any atom is 0.326 e. The maximum atomic E-state index is 12.5. The van der Waals surface area contributed by atoms with Crippen molar-refractivity contribution in [3.63, 3.8) is 0 Å². The van der Waals surface area contributed by atoms with Crippen LogP contribution in [0.1, 0.15) is 46.7 Å². The number of rotatable bonds is 10. The van der Waals surface area contributed by atoms with Crippen LogP contribution in [0.15, 0.2) is 30.5 Å². The van der Waals surface area contributed by atoms with Gasteiger partial charge in [0.1, 0.15) is 11.7 Å². The normalized spacial score (nSPS) is 12.9. The first-order valence-corrected chi connectivity index (χ1v) is 10.1. The van der Waals surface area contributed by atoms with E-state index in [0.717, 1.165) is 5.56 Å². The molecule has 12 heteroatoms. The number of aliphatic carboxylic acids is 2.